The Bertz CT molecular complexity index is 1200. The number of halogens is 1. The van der Waals surface area contributed by atoms with Gasteiger partial charge in [-0.3, -0.25) is 9.69 Å². The number of hydrogen-bond donors (Lipinski definition) is 2. The highest BCUT2D eigenvalue weighted by Crippen LogP contribution is 2.32. The summed E-state index contributed by atoms with van der Waals surface area (Å²) in [5.74, 6) is -0.435. The molecule has 37 heavy (non-hydrogen) atoms. The maximum absolute atomic E-state index is 14.4. The van der Waals surface area contributed by atoms with E-state index in [1.807, 2.05) is 12.1 Å². The quantitative estimate of drug-likeness (QED) is 0.360. The van der Waals surface area contributed by atoms with Crippen LogP contribution in [-0.4, -0.2) is 55.4 Å². The van der Waals surface area contributed by atoms with Crippen LogP contribution in [-0.2, 0) is 22.5 Å². The lowest BCUT2D eigenvalue weighted by Gasteiger charge is -2.26. The van der Waals surface area contributed by atoms with Crippen LogP contribution in [0.25, 0.3) is 11.1 Å². The fraction of sp³-hybridized carbons (Fsp3) is 0.367. The molecule has 1 saturated heterocycles. The molecule has 0 bridgehead atoms. The minimum Gasteiger partial charge on any atom is -0.492 e. The number of carboxylic acids is 1. The lowest BCUT2D eigenvalue weighted by atomic mass is 9.94. The summed E-state index contributed by atoms with van der Waals surface area (Å²) in [6.45, 7) is 9.81. The number of aliphatic carboxylic acids is 1. The summed E-state index contributed by atoms with van der Waals surface area (Å²) in [4.78, 5) is 13.1. The molecule has 0 radical (unpaired) electrons. The summed E-state index contributed by atoms with van der Waals surface area (Å²) in [6.07, 6.45) is 0.0940. The van der Waals surface area contributed by atoms with Gasteiger partial charge < -0.3 is 19.9 Å². The van der Waals surface area contributed by atoms with Gasteiger partial charge in [-0.05, 0) is 84.0 Å². The number of carboxylic acid groups (broad SMARTS) is 1. The molecule has 1 fully saturated rings. The first-order valence-corrected chi connectivity index (χ1v) is 12.8. The van der Waals surface area contributed by atoms with Gasteiger partial charge in [-0.2, -0.15) is 0 Å². The lowest BCUT2D eigenvalue weighted by molar-refractivity contribution is -0.136. The predicted molar refractivity (Wildman–Crippen MR) is 144 cm³/mol. The summed E-state index contributed by atoms with van der Waals surface area (Å²) < 4.78 is 25.8. The zero-order valence-electron chi connectivity index (χ0n) is 21.6. The molecule has 0 unspecified atom stereocenters. The molecular weight excluding hydrogens is 471 g/mol. The minimum atomic E-state index is -0.933. The van der Waals surface area contributed by atoms with Gasteiger partial charge >= 0.3 is 5.97 Å². The van der Waals surface area contributed by atoms with Crippen molar-refractivity contribution >= 4 is 11.7 Å². The molecule has 3 aromatic carbocycles. The van der Waals surface area contributed by atoms with Crippen molar-refractivity contribution in [3.05, 3.63) is 82.7 Å². The number of nitrogens with one attached hydrogen (secondary N) is 1. The van der Waals surface area contributed by atoms with Crippen LogP contribution in [0.4, 0.5) is 10.1 Å². The standard InChI is InChI=1S/C30H35FN2O4/c1-21-16-27(37-15-12-33-10-13-36-14-11-33)17-22(2)30(21)25-5-3-4-23(18-25)20-32-26-8-6-24(28(31)19-26)7-9-29(34)35/h3-6,8,16-19,32H,7,9-15,20H2,1-2H3,(H,34,35). The van der Waals surface area contributed by atoms with Crippen LogP contribution in [0, 0.1) is 19.7 Å². The summed E-state index contributed by atoms with van der Waals surface area (Å²) in [5, 5.41) is 12.1. The normalized spacial score (nSPS) is 13.9. The number of nitrogens with zero attached hydrogens (tertiary/aromatic N) is 1. The van der Waals surface area contributed by atoms with E-state index in [2.05, 4.69) is 48.3 Å². The van der Waals surface area contributed by atoms with Crippen molar-refractivity contribution < 1.29 is 23.8 Å². The van der Waals surface area contributed by atoms with E-state index in [-0.39, 0.29) is 12.8 Å². The van der Waals surface area contributed by atoms with Gasteiger partial charge in [-0.25, -0.2) is 4.39 Å². The summed E-state index contributed by atoms with van der Waals surface area (Å²) in [7, 11) is 0. The second-order valence-corrected chi connectivity index (χ2v) is 9.49. The van der Waals surface area contributed by atoms with Gasteiger partial charge in [0.1, 0.15) is 18.2 Å². The zero-order valence-corrected chi connectivity index (χ0v) is 21.6. The number of benzene rings is 3. The van der Waals surface area contributed by atoms with Crippen LogP contribution in [0.2, 0.25) is 0 Å². The number of hydrogen-bond acceptors (Lipinski definition) is 5. The Balaban J connectivity index is 1.38. The maximum atomic E-state index is 14.4. The maximum Gasteiger partial charge on any atom is 0.303 e. The largest absolute Gasteiger partial charge is 0.492 e. The topological polar surface area (TPSA) is 71.0 Å². The smallest absolute Gasteiger partial charge is 0.303 e. The molecule has 1 aliphatic heterocycles. The van der Waals surface area contributed by atoms with Crippen LogP contribution >= 0.6 is 0 Å². The molecule has 0 aliphatic carbocycles. The highest BCUT2D eigenvalue weighted by Gasteiger charge is 2.12. The van der Waals surface area contributed by atoms with Crippen LogP contribution in [0.5, 0.6) is 5.75 Å². The van der Waals surface area contributed by atoms with Crippen LogP contribution in [0.15, 0.2) is 54.6 Å². The van der Waals surface area contributed by atoms with Gasteiger partial charge in [0.25, 0.3) is 0 Å². The molecule has 0 aromatic heterocycles. The second kappa shape index (κ2) is 12.7. The number of rotatable bonds is 11. The third-order valence-electron chi connectivity index (χ3n) is 6.66. The predicted octanol–water partition coefficient (Wildman–Crippen LogP) is 5.45. The van der Waals surface area contributed by atoms with Crippen LogP contribution < -0.4 is 10.1 Å². The first kappa shape index (κ1) is 26.6. The van der Waals surface area contributed by atoms with Gasteiger partial charge in [0, 0.05) is 38.3 Å². The Kier molecular flexibility index (Phi) is 9.14. The fourth-order valence-electron chi connectivity index (χ4n) is 4.72. The molecule has 0 spiro atoms. The average molecular weight is 507 g/mol. The van der Waals surface area contributed by atoms with E-state index < -0.39 is 11.8 Å². The van der Waals surface area contributed by atoms with Gasteiger partial charge in [-0.1, -0.05) is 24.3 Å². The molecule has 0 atom stereocenters. The number of aryl methyl sites for hydroxylation is 3. The van der Waals surface area contributed by atoms with Crippen molar-refractivity contribution in [2.75, 3.05) is 44.8 Å². The molecule has 6 nitrogen and oxygen atoms in total. The highest BCUT2D eigenvalue weighted by atomic mass is 19.1. The third kappa shape index (κ3) is 7.54. The molecule has 1 aliphatic rings. The fourth-order valence-corrected chi connectivity index (χ4v) is 4.72. The van der Waals surface area contributed by atoms with E-state index >= 15 is 0 Å². The van der Waals surface area contributed by atoms with Crippen molar-refractivity contribution in [2.45, 2.75) is 33.2 Å². The molecule has 0 saturated carbocycles. The molecule has 0 amide bonds. The summed E-state index contributed by atoms with van der Waals surface area (Å²) >= 11 is 0. The number of ether oxygens (including phenoxy) is 2. The third-order valence-corrected chi connectivity index (χ3v) is 6.66. The van der Waals surface area contributed by atoms with Crippen LogP contribution in [0.1, 0.15) is 28.7 Å². The van der Waals surface area contributed by atoms with Gasteiger partial charge in [0.05, 0.1) is 13.2 Å². The van der Waals surface area contributed by atoms with E-state index in [0.717, 1.165) is 60.9 Å². The molecule has 3 aromatic rings. The molecule has 196 valence electrons. The molecule has 2 N–H and O–H groups in total. The average Bonchev–Trinajstić information content (AvgIpc) is 2.87. The van der Waals surface area contributed by atoms with Crippen molar-refractivity contribution in [1.82, 2.24) is 4.90 Å². The first-order valence-electron chi connectivity index (χ1n) is 12.8. The highest BCUT2D eigenvalue weighted by molar-refractivity contribution is 5.72. The van der Waals surface area contributed by atoms with Crippen LogP contribution in [0.3, 0.4) is 0 Å². The Hall–Kier alpha value is -3.42. The van der Waals surface area contributed by atoms with Gasteiger partial charge in [-0.15, -0.1) is 0 Å². The molecular formula is C30H35FN2O4. The Morgan fingerprint density at radius 2 is 1.84 bits per heavy atom. The van der Waals surface area contributed by atoms with E-state index in [9.17, 15) is 9.18 Å². The Morgan fingerprint density at radius 1 is 1.08 bits per heavy atom. The Morgan fingerprint density at radius 3 is 2.54 bits per heavy atom. The van der Waals surface area contributed by atoms with E-state index in [0.29, 0.717) is 24.4 Å². The summed E-state index contributed by atoms with van der Waals surface area (Å²) in [5.41, 5.74) is 6.79. The van der Waals surface area contributed by atoms with Gasteiger partial charge in [0.2, 0.25) is 0 Å². The number of carbonyl (C=O) groups is 1. The molecule has 1 heterocycles. The lowest BCUT2D eigenvalue weighted by Crippen LogP contribution is -2.38. The van der Waals surface area contributed by atoms with E-state index in [4.69, 9.17) is 14.6 Å². The SMILES string of the molecule is Cc1cc(OCCN2CCOCC2)cc(C)c1-c1cccc(CNc2ccc(CCC(=O)O)c(F)c2)c1. The zero-order chi connectivity index (χ0) is 26.2. The monoisotopic (exact) mass is 506 g/mol. The van der Waals surface area contributed by atoms with Crippen molar-refractivity contribution in [2.24, 2.45) is 0 Å². The number of anilines is 1. The van der Waals surface area contributed by atoms with Crippen molar-refractivity contribution in [3.63, 3.8) is 0 Å². The summed E-state index contributed by atoms with van der Waals surface area (Å²) in [6, 6.07) is 17.4. The first-order chi connectivity index (χ1) is 17.9. The Labute approximate surface area is 218 Å². The number of morpholine rings is 1. The van der Waals surface area contributed by atoms with Gasteiger partial charge in [0.15, 0.2) is 0 Å². The molecule has 7 heteroatoms. The van der Waals surface area contributed by atoms with E-state index in [1.54, 1.807) is 12.1 Å². The second-order valence-electron chi connectivity index (χ2n) is 9.49. The van der Waals surface area contributed by atoms with Crippen molar-refractivity contribution in [1.29, 1.82) is 0 Å². The molecule has 4 rings (SSSR count). The van der Waals surface area contributed by atoms with E-state index in [1.165, 1.54) is 11.6 Å². The van der Waals surface area contributed by atoms with Crippen molar-refractivity contribution in [3.8, 4) is 16.9 Å². The minimum absolute atomic E-state index is 0.0864.